The molecule has 0 bridgehead atoms. The van der Waals surface area contributed by atoms with Gasteiger partial charge in [-0.2, -0.15) is 4.98 Å². The number of ether oxygens (including phenoxy) is 2. The van der Waals surface area contributed by atoms with Crippen LogP contribution >= 0.6 is 0 Å². The SMILES string of the molecule is CC[C@@H]1O[C@H]2[C@@H](Oc3nc(=O)ccn32)C1C. The zero-order valence-electron chi connectivity index (χ0n) is 9.29. The maximum Gasteiger partial charge on any atom is 0.302 e. The van der Waals surface area contributed by atoms with E-state index in [-0.39, 0.29) is 24.0 Å². The van der Waals surface area contributed by atoms with Crippen molar-refractivity contribution >= 4 is 0 Å². The molecule has 0 saturated carbocycles. The van der Waals surface area contributed by atoms with Crippen molar-refractivity contribution in [3.05, 3.63) is 22.6 Å². The van der Waals surface area contributed by atoms with Crippen LogP contribution in [-0.4, -0.2) is 21.8 Å². The van der Waals surface area contributed by atoms with Gasteiger partial charge in [0.05, 0.1) is 6.10 Å². The van der Waals surface area contributed by atoms with E-state index < -0.39 is 0 Å². The molecule has 0 N–H and O–H groups in total. The molecule has 0 spiro atoms. The van der Waals surface area contributed by atoms with Gasteiger partial charge in [-0.25, -0.2) is 0 Å². The third kappa shape index (κ3) is 1.21. The molecule has 0 aromatic carbocycles. The quantitative estimate of drug-likeness (QED) is 0.709. The minimum atomic E-state index is -0.272. The molecule has 5 nitrogen and oxygen atoms in total. The topological polar surface area (TPSA) is 53.4 Å². The van der Waals surface area contributed by atoms with E-state index in [0.29, 0.717) is 11.9 Å². The molecule has 1 unspecified atom stereocenters. The molecule has 16 heavy (non-hydrogen) atoms. The monoisotopic (exact) mass is 222 g/mol. The Bertz CT molecular complexity index is 471. The van der Waals surface area contributed by atoms with Crippen LogP contribution < -0.4 is 10.3 Å². The molecule has 1 aromatic heterocycles. The molecule has 4 atom stereocenters. The summed E-state index contributed by atoms with van der Waals surface area (Å²) in [6.07, 6.45) is 2.76. The van der Waals surface area contributed by atoms with Crippen LogP contribution in [0.5, 0.6) is 6.01 Å². The molecule has 1 aromatic rings. The minimum Gasteiger partial charge on any atom is -0.456 e. The first kappa shape index (κ1) is 9.84. The summed E-state index contributed by atoms with van der Waals surface area (Å²) in [6.45, 7) is 4.22. The highest BCUT2D eigenvalue weighted by molar-refractivity contribution is 5.09. The third-order valence-electron chi connectivity index (χ3n) is 3.42. The first-order valence-electron chi connectivity index (χ1n) is 5.62. The van der Waals surface area contributed by atoms with E-state index in [1.54, 1.807) is 10.8 Å². The molecule has 5 heteroatoms. The summed E-state index contributed by atoms with van der Waals surface area (Å²) in [5.74, 6) is 0.326. The predicted octanol–water partition coefficient (Wildman–Crippen LogP) is 0.948. The normalized spacial score (nSPS) is 35.6. The molecule has 1 fully saturated rings. The van der Waals surface area contributed by atoms with E-state index in [4.69, 9.17) is 9.47 Å². The van der Waals surface area contributed by atoms with Crippen LogP contribution in [0, 0.1) is 5.92 Å². The first-order chi connectivity index (χ1) is 7.70. The first-order valence-corrected chi connectivity index (χ1v) is 5.62. The Morgan fingerprint density at radius 1 is 1.56 bits per heavy atom. The number of fused-ring (bicyclic) bond motifs is 3. The van der Waals surface area contributed by atoms with Gasteiger partial charge < -0.3 is 9.47 Å². The Morgan fingerprint density at radius 3 is 3.12 bits per heavy atom. The summed E-state index contributed by atoms with van der Waals surface area (Å²) in [5, 5.41) is 0. The number of rotatable bonds is 1. The molecule has 2 aliphatic heterocycles. The fourth-order valence-electron chi connectivity index (χ4n) is 2.51. The summed E-state index contributed by atoms with van der Waals surface area (Å²) in [4.78, 5) is 14.9. The number of hydrogen-bond donors (Lipinski definition) is 0. The molecule has 3 heterocycles. The standard InChI is InChI=1S/C11H14N2O3/c1-3-7-6(2)9-10(15-7)13-5-4-8(14)12-11(13)16-9/h4-7,9-10H,3H2,1-2H3/t6?,7-,9-,10-/m0/s1. The van der Waals surface area contributed by atoms with Crippen LogP contribution in [0.1, 0.15) is 26.5 Å². The molecular weight excluding hydrogens is 208 g/mol. The zero-order valence-corrected chi connectivity index (χ0v) is 9.29. The van der Waals surface area contributed by atoms with Gasteiger partial charge in [-0.15, -0.1) is 0 Å². The molecule has 0 aliphatic carbocycles. The average molecular weight is 222 g/mol. The molecule has 3 rings (SSSR count). The van der Waals surface area contributed by atoms with Crippen LogP contribution in [0.2, 0.25) is 0 Å². The molecule has 0 radical (unpaired) electrons. The summed E-state index contributed by atoms with van der Waals surface area (Å²) >= 11 is 0. The fourth-order valence-corrected chi connectivity index (χ4v) is 2.51. The molecule has 2 aliphatic rings. The van der Waals surface area contributed by atoms with Crippen molar-refractivity contribution in [2.24, 2.45) is 5.92 Å². The van der Waals surface area contributed by atoms with Crippen molar-refractivity contribution in [1.82, 2.24) is 9.55 Å². The van der Waals surface area contributed by atoms with Crippen molar-refractivity contribution in [3.63, 3.8) is 0 Å². The second-order valence-corrected chi connectivity index (χ2v) is 4.37. The summed E-state index contributed by atoms with van der Waals surface area (Å²) in [6, 6.07) is 1.81. The van der Waals surface area contributed by atoms with Crippen LogP contribution in [0.15, 0.2) is 17.1 Å². The largest absolute Gasteiger partial charge is 0.456 e. The Morgan fingerprint density at radius 2 is 2.38 bits per heavy atom. The summed E-state index contributed by atoms with van der Waals surface area (Å²) < 4.78 is 13.4. The van der Waals surface area contributed by atoms with E-state index in [0.717, 1.165) is 6.42 Å². The smallest absolute Gasteiger partial charge is 0.302 e. The number of hydrogen-bond acceptors (Lipinski definition) is 4. The van der Waals surface area contributed by atoms with Gasteiger partial charge in [-0.1, -0.05) is 13.8 Å². The lowest BCUT2D eigenvalue weighted by atomic mass is 9.99. The zero-order chi connectivity index (χ0) is 11.3. The molecule has 0 amide bonds. The van der Waals surface area contributed by atoms with Gasteiger partial charge in [0.2, 0.25) is 0 Å². The minimum absolute atomic E-state index is 0.0146. The van der Waals surface area contributed by atoms with Crippen molar-refractivity contribution < 1.29 is 9.47 Å². The lowest BCUT2D eigenvalue weighted by molar-refractivity contribution is -0.00767. The molecule has 1 saturated heterocycles. The van der Waals surface area contributed by atoms with Gasteiger partial charge in [0.15, 0.2) is 12.3 Å². The lowest BCUT2D eigenvalue weighted by Crippen LogP contribution is -2.24. The Balaban J connectivity index is 1.99. The van der Waals surface area contributed by atoms with Crippen LogP contribution in [-0.2, 0) is 4.74 Å². The predicted molar refractivity (Wildman–Crippen MR) is 56.3 cm³/mol. The van der Waals surface area contributed by atoms with E-state index in [2.05, 4.69) is 18.8 Å². The Kier molecular flexibility index (Phi) is 2.04. The second-order valence-electron chi connectivity index (χ2n) is 4.37. The van der Waals surface area contributed by atoms with Crippen molar-refractivity contribution in [2.75, 3.05) is 0 Å². The van der Waals surface area contributed by atoms with E-state index >= 15 is 0 Å². The van der Waals surface area contributed by atoms with Crippen LogP contribution in [0.25, 0.3) is 0 Å². The van der Waals surface area contributed by atoms with E-state index in [1.807, 2.05) is 0 Å². The van der Waals surface area contributed by atoms with Gasteiger partial charge in [0.25, 0.3) is 5.56 Å². The number of aromatic nitrogens is 2. The van der Waals surface area contributed by atoms with Gasteiger partial charge in [-0.3, -0.25) is 9.36 Å². The lowest BCUT2D eigenvalue weighted by Gasteiger charge is -2.15. The third-order valence-corrected chi connectivity index (χ3v) is 3.42. The number of nitrogens with zero attached hydrogens (tertiary/aromatic N) is 2. The Hall–Kier alpha value is -1.36. The Labute approximate surface area is 93.0 Å². The van der Waals surface area contributed by atoms with Crippen molar-refractivity contribution in [2.45, 2.75) is 38.7 Å². The average Bonchev–Trinajstić information content (AvgIpc) is 2.75. The highest BCUT2D eigenvalue weighted by atomic mass is 16.6. The maximum atomic E-state index is 11.1. The van der Waals surface area contributed by atoms with Gasteiger partial charge in [-0.05, 0) is 6.42 Å². The maximum absolute atomic E-state index is 11.1. The van der Waals surface area contributed by atoms with Crippen LogP contribution in [0.3, 0.4) is 0 Å². The molecule has 86 valence electrons. The summed E-state index contributed by atoms with van der Waals surface area (Å²) in [7, 11) is 0. The van der Waals surface area contributed by atoms with E-state index in [9.17, 15) is 4.79 Å². The van der Waals surface area contributed by atoms with E-state index in [1.165, 1.54) is 6.07 Å². The van der Waals surface area contributed by atoms with Crippen molar-refractivity contribution in [3.8, 4) is 6.01 Å². The molecular formula is C11H14N2O3. The fraction of sp³-hybridized carbons (Fsp3) is 0.636. The highest BCUT2D eigenvalue weighted by Crippen LogP contribution is 2.42. The van der Waals surface area contributed by atoms with Crippen LogP contribution in [0.4, 0.5) is 0 Å². The summed E-state index contributed by atoms with van der Waals surface area (Å²) in [5.41, 5.74) is -0.272. The van der Waals surface area contributed by atoms with Gasteiger partial charge >= 0.3 is 6.01 Å². The second kappa shape index (κ2) is 3.31. The van der Waals surface area contributed by atoms with Gasteiger partial charge in [0.1, 0.15) is 0 Å². The highest BCUT2D eigenvalue weighted by Gasteiger charge is 2.48. The van der Waals surface area contributed by atoms with Crippen molar-refractivity contribution in [1.29, 1.82) is 0 Å². The van der Waals surface area contributed by atoms with Gasteiger partial charge in [0, 0.05) is 18.2 Å².